The highest BCUT2D eigenvalue weighted by Crippen LogP contribution is 2.24. The van der Waals surface area contributed by atoms with Gasteiger partial charge in [0.2, 0.25) is 5.78 Å². The van der Waals surface area contributed by atoms with E-state index in [9.17, 15) is 27.2 Å². The van der Waals surface area contributed by atoms with Crippen LogP contribution in [0.2, 0.25) is 10.3 Å². The number of hydrogen-bond acceptors (Lipinski definition) is 5. The number of esters is 1. The van der Waals surface area contributed by atoms with Gasteiger partial charge in [-0.25, -0.2) is 27.3 Å². The molecule has 0 aliphatic rings. The smallest absolute Gasteiger partial charge is 0.343 e. The number of nitrogens with one attached hydrogen (secondary N) is 1. The van der Waals surface area contributed by atoms with Crippen molar-refractivity contribution in [2.75, 3.05) is 11.9 Å². The number of hydrogen-bond donors (Lipinski definition) is 1. The Labute approximate surface area is 165 Å². The molecule has 0 radical (unpaired) electrons. The summed E-state index contributed by atoms with van der Waals surface area (Å²) in [4.78, 5) is 28.1. The number of benzene rings is 1. The van der Waals surface area contributed by atoms with E-state index in [1.807, 2.05) is 0 Å². The van der Waals surface area contributed by atoms with Crippen LogP contribution >= 0.6 is 23.2 Å². The van der Waals surface area contributed by atoms with Gasteiger partial charge in [0, 0.05) is 18.3 Å². The molecule has 28 heavy (non-hydrogen) atoms. The third kappa shape index (κ3) is 4.79. The quantitative estimate of drug-likeness (QED) is 0.135. The van der Waals surface area contributed by atoms with Crippen molar-refractivity contribution in [2.24, 2.45) is 0 Å². The molecule has 0 fully saturated rings. The SMILES string of the molecule is CCOC(=O)/C(=C\Nc1c(F)cc(F)cc1F)C(=O)c1cc(F)c(Cl)nc1Cl. The summed E-state index contributed by atoms with van der Waals surface area (Å²) in [7, 11) is 0. The minimum Gasteiger partial charge on any atom is -0.462 e. The van der Waals surface area contributed by atoms with E-state index < -0.39 is 62.2 Å². The van der Waals surface area contributed by atoms with Crippen LogP contribution in [0, 0.1) is 23.3 Å². The Balaban J connectivity index is 2.48. The molecule has 0 aliphatic carbocycles. The molecule has 0 bridgehead atoms. The van der Waals surface area contributed by atoms with Gasteiger partial charge in [0.15, 0.2) is 22.6 Å². The van der Waals surface area contributed by atoms with Crippen molar-refractivity contribution >= 4 is 40.6 Å². The van der Waals surface area contributed by atoms with Crippen LogP contribution in [0.1, 0.15) is 17.3 Å². The third-order valence-electron chi connectivity index (χ3n) is 3.24. The average Bonchev–Trinajstić information content (AvgIpc) is 2.60. The van der Waals surface area contributed by atoms with Crippen molar-refractivity contribution in [3.05, 3.63) is 69.1 Å². The van der Waals surface area contributed by atoms with E-state index in [2.05, 4.69) is 10.3 Å². The van der Waals surface area contributed by atoms with Crippen LogP contribution in [-0.4, -0.2) is 23.3 Å². The largest absolute Gasteiger partial charge is 0.462 e. The molecule has 1 aromatic heterocycles. The van der Waals surface area contributed by atoms with Gasteiger partial charge in [-0.3, -0.25) is 4.79 Å². The normalized spacial score (nSPS) is 11.3. The van der Waals surface area contributed by atoms with E-state index in [1.54, 1.807) is 0 Å². The third-order valence-corrected chi connectivity index (χ3v) is 3.79. The van der Waals surface area contributed by atoms with Crippen LogP contribution in [0.4, 0.5) is 23.2 Å². The van der Waals surface area contributed by atoms with Gasteiger partial charge in [0.1, 0.15) is 22.2 Å². The maximum Gasteiger partial charge on any atom is 0.343 e. The van der Waals surface area contributed by atoms with E-state index in [1.165, 1.54) is 6.92 Å². The van der Waals surface area contributed by atoms with Gasteiger partial charge in [-0.15, -0.1) is 0 Å². The summed E-state index contributed by atoms with van der Waals surface area (Å²) in [5, 5.41) is 0.952. The first-order valence-corrected chi connectivity index (χ1v) is 8.25. The Morgan fingerprint density at radius 3 is 2.25 bits per heavy atom. The first-order valence-electron chi connectivity index (χ1n) is 7.50. The molecule has 1 N–H and O–H groups in total. The number of aromatic nitrogens is 1. The highest BCUT2D eigenvalue weighted by atomic mass is 35.5. The number of ketones is 1. The minimum absolute atomic E-state index is 0.135. The van der Waals surface area contributed by atoms with E-state index >= 15 is 0 Å². The monoisotopic (exact) mass is 436 g/mol. The number of nitrogens with zero attached hydrogens (tertiary/aromatic N) is 1. The number of Topliss-reactive ketones (excluding diaryl/α,β-unsaturated/α-hetero) is 1. The summed E-state index contributed by atoms with van der Waals surface area (Å²) in [5.41, 5.74) is -2.14. The summed E-state index contributed by atoms with van der Waals surface area (Å²) >= 11 is 11.2. The zero-order valence-corrected chi connectivity index (χ0v) is 15.5. The fourth-order valence-electron chi connectivity index (χ4n) is 2.00. The molecule has 2 aromatic rings. The molecule has 1 heterocycles. The highest BCUT2D eigenvalue weighted by Gasteiger charge is 2.26. The van der Waals surface area contributed by atoms with Crippen molar-refractivity contribution in [1.29, 1.82) is 0 Å². The van der Waals surface area contributed by atoms with Crippen molar-refractivity contribution in [3.8, 4) is 0 Å². The molecule has 2 rings (SSSR count). The Bertz CT molecular complexity index is 960. The molecule has 0 amide bonds. The zero-order valence-electron chi connectivity index (χ0n) is 14.0. The Morgan fingerprint density at radius 1 is 1.07 bits per heavy atom. The Hall–Kier alpha value is -2.65. The van der Waals surface area contributed by atoms with E-state index in [0.29, 0.717) is 24.4 Å². The first kappa shape index (κ1) is 21.6. The number of carbonyl (C=O) groups is 2. The van der Waals surface area contributed by atoms with Crippen LogP contribution in [0.15, 0.2) is 30.0 Å². The molecule has 0 aliphatic heterocycles. The van der Waals surface area contributed by atoms with Gasteiger partial charge in [0.25, 0.3) is 0 Å². The predicted molar refractivity (Wildman–Crippen MR) is 93.2 cm³/mol. The molecule has 0 spiro atoms. The summed E-state index contributed by atoms with van der Waals surface area (Å²) in [6.45, 7) is 1.31. The fraction of sp³-hybridized carbons (Fsp3) is 0.118. The van der Waals surface area contributed by atoms with Gasteiger partial charge in [0.05, 0.1) is 12.2 Å². The summed E-state index contributed by atoms with van der Waals surface area (Å²) in [6.07, 6.45) is 0.628. The van der Waals surface area contributed by atoms with Gasteiger partial charge >= 0.3 is 5.97 Å². The van der Waals surface area contributed by atoms with Gasteiger partial charge in [-0.1, -0.05) is 23.2 Å². The van der Waals surface area contributed by atoms with Crippen molar-refractivity contribution in [3.63, 3.8) is 0 Å². The predicted octanol–water partition coefficient (Wildman–Crippen LogP) is 4.69. The highest BCUT2D eigenvalue weighted by molar-refractivity contribution is 6.37. The van der Waals surface area contributed by atoms with Crippen LogP contribution in [0.3, 0.4) is 0 Å². The standard InChI is InChI=1S/C17H10Cl2F4N2O3/c1-2-28-17(27)9(6-24-13-10(21)3-7(20)4-11(13)22)14(26)8-5-12(23)16(19)25-15(8)18/h3-6,24H,2H2,1H3/b9-6-. The topological polar surface area (TPSA) is 68.3 Å². The van der Waals surface area contributed by atoms with Crippen LogP contribution in [0.5, 0.6) is 0 Å². The number of rotatable bonds is 6. The van der Waals surface area contributed by atoms with Gasteiger partial charge in [-0.05, 0) is 13.0 Å². The summed E-state index contributed by atoms with van der Waals surface area (Å²) in [6, 6.07) is 1.42. The van der Waals surface area contributed by atoms with Gasteiger partial charge in [-0.2, -0.15) is 0 Å². The van der Waals surface area contributed by atoms with Crippen molar-refractivity contribution in [2.45, 2.75) is 6.92 Å². The van der Waals surface area contributed by atoms with Crippen molar-refractivity contribution < 1.29 is 31.9 Å². The molecule has 0 unspecified atom stereocenters. The van der Waals surface area contributed by atoms with Gasteiger partial charge < -0.3 is 10.1 Å². The molecular weight excluding hydrogens is 427 g/mol. The summed E-state index contributed by atoms with van der Waals surface area (Å²) in [5.74, 6) is -7.22. The molecule has 1 aromatic carbocycles. The lowest BCUT2D eigenvalue weighted by atomic mass is 10.1. The lowest BCUT2D eigenvalue weighted by Gasteiger charge is -2.10. The van der Waals surface area contributed by atoms with Crippen LogP contribution in [-0.2, 0) is 9.53 Å². The second kappa shape index (κ2) is 9.03. The van der Waals surface area contributed by atoms with Crippen LogP contribution < -0.4 is 5.32 Å². The lowest BCUT2D eigenvalue weighted by Crippen LogP contribution is -2.19. The second-order valence-electron chi connectivity index (χ2n) is 5.10. The maximum atomic E-state index is 13.7. The molecule has 0 saturated carbocycles. The lowest BCUT2D eigenvalue weighted by molar-refractivity contribution is -0.138. The number of carbonyl (C=O) groups excluding carboxylic acids is 2. The Kier molecular flexibility index (Phi) is 6.98. The Morgan fingerprint density at radius 2 is 1.68 bits per heavy atom. The number of pyridine rings is 1. The maximum absolute atomic E-state index is 13.7. The first-order chi connectivity index (χ1) is 13.1. The number of halogens is 6. The summed E-state index contributed by atoms with van der Waals surface area (Å²) < 4.78 is 58.8. The molecular formula is C17H10Cl2F4N2O3. The van der Waals surface area contributed by atoms with E-state index in [4.69, 9.17) is 27.9 Å². The molecule has 11 heteroatoms. The number of anilines is 1. The fourth-order valence-corrected chi connectivity index (χ4v) is 2.41. The zero-order chi connectivity index (χ0) is 21.0. The van der Waals surface area contributed by atoms with Crippen LogP contribution in [0.25, 0.3) is 0 Å². The molecule has 0 saturated heterocycles. The van der Waals surface area contributed by atoms with E-state index in [0.717, 1.165) is 0 Å². The molecule has 5 nitrogen and oxygen atoms in total. The molecule has 0 atom stereocenters. The van der Waals surface area contributed by atoms with E-state index in [-0.39, 0.29) is 6.61 Å². The number of ether oxygens (including phenoxy) is 1. The molecule has 148 valence electrons. The average molecular weight is 437 g/mol. The van der Waals surface area contributed by atoms with Crippen molar-refractivity contribution in [1.82, 2.24) is 4.98 Å². The second-order valence-corrected chi connectivity index (χ2v) is 5.81. The minimum atomic E-state index is -1.32.